The molecule has 8 nitrogen and oxygen atoms in total. The number of ether oxygens (including phenoxy) is 4. The third kappa shape index (κ3) is 11.6. The van der Waals surface area contributed by atoms with Crippen LogP contribution in [0.1, 0.15) is 74.9 Å². The molecule has 0 saturated carbocycles. The summed E-state index contributed by atoms with van der Waals surface area (Å²) in [6.45, 7) is 26.0. The minimum absolute atomic E-state index is 0.137. The van der Waals surface area contributed by atoms with Crippen molar-refractivity contribution in [1.29, 1.82) is 0 Å². The number of benzene rings is 2. The first-order valence-corrected chi connectivity index (χ1v) is 16.2. The molecular weight excluding hydrogens is 556 g/mol. The predicted molar refractivity (Wildman–Crippen MR) is 177 cm³/mol. The largest absolute Gasteiger partial charge is 0.507 e. The molecule has 0 aromatic heterocycles. The Morgan fingerprint density at radius 3 is 1.09 bits per heavy atom. The molecule has 2 aromatic rings. The van der Waals surface area contributed by atoms with Crippen LogP contribution in [0, 0.1) is 13.8 Å². The second-order valence-electron chi connectivity index (χ2n) is 14.1. The Bertz CT molecular complexity index is 1060. The lowest BCUT2D eigenvalue weighted by Crippen LogP contribution is -2.33. The molecule has 1 aliphatic heterocycles. The van der Waals surface area contributed by atoms with Crippen molar-refractivity contribution in [3.63, 3.8) is 0 Å². The van der Waals surface area contributed by atoms with Gasteiger partial charge in [-0.25, -0.2) is 0 Å². The van der Waals surface area contributed by atoms with Crippen molar-refractivity contribution in [2.75, 3.05) is 79.0 Å². The van der Waals surface area contributed by atoms with Gasteiger partial charge in [-0.05, 0) is 58.1 Å². The van der Waals surface area contributed by atoms with Gasteiger partial charge in [-0.3, -0.25) is 9.80 Å². The van der Waals surface area contributed by atoms with Crippen molar-refractivity contribution >= 4 is 0 Å². The van der Waals surface area contributed by atoms with Crippen LogP contribution in [0.5, 0.6) is 11.5 Å². The number of rotatable bonds is 4. The minimum atomic E-state index is -0.137. The van der Waals surface area contributed by atoms with Crippen LogP contribution in [0.4, 0.5) is 0 Å². The van der Waals surface area contributed by atoms with Gasteiger partial charge in [0.05, 0.1) is 52.9 Å². The van der Waals surface area contributed by atoms with Crippen LogP contribution >= 0.6 is 0 Å². The lowest BCUT2D eigenvalue weighted by molar-refractivity contribution is 0.00623. The van der Waals surface area contributed by atoms with E-state index in [1.54, 1.807) is 0 Å². The summed E-state index contributed by atoms with van der Waals surface area (Å²) in [4.78, 5) is 4.69. The number of phenolic OH excluding ortho intramolecular Hbond substituents is 2. The van der Waals surface area contributed by atoms with Crippen molar-refractivity contribution in [2.24, 2.45) is 0 Å². The first-order chi connectivity index (χ1) is 20.8. The van der Waals surface area contributed by atoms with Gasteiger partial charge in [-0.2, -0.15) is 0 Å². The van der Waals surface area contributed by atoms with Gasteiger partial charge in [0, 0.05) is 39.3 Å². The van der Waals surface area contributed by atoms with E-state index < -0.39 is 0 Å². The number of aryl methyl sites for hydroxylation is 2. The highest BCUT2D eigenvalue weighted by Gasteiger charge is 2.22. The van der Waals surface area contributed by atoms with E-state index in [9.17, 15) is 10.2 Å². The second-order valence-corrected chi connectivity index (χ2v) is 14.1. The molecule has 1 aliphatic rings. The first-order valence-electron chi connectivity index (χ1n) is 16.2. The summed E-state index contributed by atoms with van der Waals surface area (Å²) in [5, 5.41) is 21.3. The molecule has 1 fully saturated rings. The Hall–Kier alpha value is -2.20. The molecule has 44 heavy (non-hydrogen) atoms. The van der Waals surface area contributed by atoms with Gasteiger partial charge in [0.1, 0.15) is 11.5 Å². The van der Waals surface area contributed by atoms with Gasteiger partial charge in [-0.15, -0.1) is 0 Å². The molecule has 0 aliphatic carbocycles. The van der Waals surface area contributed by atoms with E-state index in [-0.39, 0.29) is 10.8 Å². The lowest BCUT2D eigenvalue weighted by atomic mass is 9.84. The van der Waals surface area contributed by atoms with Gasteiger partial charge in [0.15, 0.2) is 0 Å². The van der Waals surface area contributed by atoms with Crippen molar-refractivity contribution in [3.05, 3.63) is 57.6 Å². The normalized spacial score (nSPS) is 18.5. The van der Waals surface area contributed by atoms with Crippen molar-refractivity contribution in [1.82, 2.24) is 9.80 Å². The van der Waals surface area contributed by atoms with Gasteiger partial charge >= 0.3 is 0 Å². The quantitative estimate of drug-likeness (QED) is 0.454. The van der Waals surface area contributed by atoms with Crippen LogP contribution in [-0.2, 0) is 42.9 Å². The predicted octanol–water partition coefficient (Wildman–Crippen LogP) is 5.69. The standard InChI is InChI=1S/C36H58N2O6/c1-27-21-29(23-31(33(27)39)35(3,4)5)25-37-9-13-41-17-19-43-15-11-38(12-16-44-20-18-42-14-10-37)26-30-22-28(2)34(40)32(24-30)36(6,7)8/h21-24,39-40H,9-20,25-26H2,1-8H3. The van der Waals surface area contributed by atoms with Gasteiger partial charge < -0.3 is 29.2 Å². The molecule has 0 atom stereocenters. The van der Waals surface area contributed by atoms with Crippen LogP contribution < -0.4 is 0 Å². The van der Waals surface area contributed by atoms with Gasteiger partial charge in [0.2, 0.25) is 0 Å². The van der Waals surface area contributed by atoms with Crippen LogP contribution in [0.3, 0.4) is 0 Å². The zero-order valence-corrected chi connectivity index (χ0v) is 28.6. The molecule has 0 unspecified atom stereocenters. The number of phenols is 2. The molecule has 0 spiro atoms. The number of hydrogen-bond donors (Lipinski definition) is 2. The van der Waals surface area contributed by atoms with E-state index in [2.05, 4.69) is 75.6 Å². The monoisotopic (exact) mass is 614 g/mol. The summed E-state index contributed by atoms with van der Waals surface area (Å²) in [6.07, 6.45) is 0. The summed E-state index contributed by atoms with van der Waals surface area (Å²) in [5.74, 6) is 0.779. The smallest absolute Gasteiger partial charge is 0.122 e. The molecule has 0 radical (unpaired) electrons. The van der Waals surface area contributed by atoms with Crippen molar-refractivity contribution < 1.29 is 29.2 Å². The molecule has 0 amide bonds. The van der Waals surface area contributed by atoms with E-state index in [0.717, 1.165) is 61.5 Å². The maximum absolute atomic E-state index is 10.7. The Morgan fingerprint density at radius 2 is 0.818 bits per heavy atom. The SMILES string of the molecule is Cc1cc(CN2CCOCCOCCN(Cc3cc(C)c(O)c(C(C)(C)C)c3)CCOCCOCC2)cc(C(C)(C)C)c1O. The van der Waals surface area contributed by atoms with Crippen LogP contribution in [0.15, 0.2) is 24.3 Å². The maximum atomic E-state index is 10.7. The molecule has 0 bridgehead atoms. The third-order valence-electron chi connectivity index (χ3n) is 8.10. The molecule has 2 N–H and O–H groups in total. The lowest BCUT2D eigenvalue weighted by Gasteiger charge is -2.26. The van der Waals surface area contributed by atoms with E-state index in [1.165, 1.54) is 11.1 Å². The number of aromatic hydroxyl groups is 2. The Kier molecular flexibility index (Phi) is 13.9. The highest BCUT2D eigenvalue weighted by Crippen LogP contribution is 2.35. The molecule has 1 saturated heterocycles. The molecule has 248 valence electrons. The third-order valence-corrected chi connectivity index (χ3v) is 8.10. The van der Waals surface area contributed by atoms with E-state index >= 15 is 0 Å². The molecular formula is C36H58N2O6. The zero-order chi connectivity index (χ0) is 32.3. The van der Waals surface area contributed by atoms with Gasteiger partial charge in [0.25, 0.3) is 0 Å². The maximum Gasteiger partial charge on any atom is 0.122 e. The highest BCUT2D eigenvalue weighted by atomic mass is 16.5. The van der Waals surface area contributed by atoms with Crippen molar-refractivity contribution in [3.8, 4) is 11.5 Å². The van der Waals surface area contributed by atoms with Crippen LogP contribution in [-0.4, -0.2) is 99.0 Å². The fourth-order valence-electron chi connectivity index (χ4n) is 5.51. The summed E-state index contributed by atoms with van der Waals surface area (Å²) >= 11 is 0. The summed E-state index contributed by atoms with van der Waals surface area (Å²) in [7, 11) is 0. The van der Waals surface area contributed by atoms with E-state index in [1.807, 2.05) is 13.8 Å². The second kappa shape index (κ2) is 16.9. The van der Waals surface area contributed by atoms with Gasteiger partial charge in [-0.1, -0.05) is 65.8 Å². The molecule has 2 aromatic carbocycles. The Morgan fingerprint density at radius 1 is 0.523 bits per heavy atom. The highest BCUT2D eigenvalue weighted by molar-refractivity contribution is 5.47. The van der Waals surface area contributed by atoms with E-state index in [4.69, 9.17) is 18.9 Å². The summed E-state index contributed by atoms with van der Waals surface area (Å²) < 4.78 is 23.8. The number of hydrogen-bond acceptors (Lipinski definition) is 8. The molecule has 1 heterocycles. The Balaban J connectivity index is 1.56. The zero-order valence-electron chi connectivity index (χ0n) is 28.6. The topological polar surface area (TPSA) is 83.9 Å². The number of nitrogens with zero attached hydrogens (tertiary/aromatic N) is 2. The average Bonchev–Trinajstić information content (AvgIpc) is 2.93. The van der Waals surface area contributed by atoms with Crippen molar-refractivity contribution in [2.45, 2.75) is 79.3 Å². The van der Waals surface area contributed by atoms with E-state index in [0.29, 0.717) is 64.4 Å². The van der Waals surface area contributed by atoms with Crippen LogP contribution in [0.25, 0.3) is 0 Å². The fourth-order valence-corrected chi connectivity index (χ4v) is 5.51. The Labute approximate surface area is 266 Å². The first kappa shape index (κ1) is 36.3. The molecule has 8 heteroatoms. The minimum Gasteiger partial charge on any atom is -0.507 e. The summed E-state index contributed by atoms with van der Waals surface area (Å²) in [5.41, 5.74) is 5.85. The van der Waals surface area contributed by atoms with Crippen LogP contribution in [0.2, 0.25) is 0 Å². The fraction of sp³-hybridized carbons (Fsp3) is 0.667. The average molecular weight is 615 g/mol. The summed E-state index contributed by atoms with van der Waals surface area (Å²) in [6, 6.07) is 8.42. The molecule has 3 rings (SSSR count).